The Morgan fingerprint density at radius 3 is 2.58 bits per heavy atom. The Balaban J connectivity index is 1.84. The average Bonchev–Trinajstić information content (AvgIpc) is 3.42. The fourth-order valence-corrected chi connectivity index (χ4v) is 5.79. The maximum atomic E-state index is 13.9. The molecule has 1 aliphatic rings. The predicted octanol–water partition coefficient (Wildman–Crippen LogP) is 6.05. The van der Waals surface area contributed by atoms with Gasteiger partial charge in [0.25, 0.3) is 5.56 Å². The van der Waals surface area contributed by atoms with Crippen LogP contribution in [0.4, 0.5) is 0 Å². The fraction of sp³-hybridized carbons (Fsp3) is 0.464. The van der Waals surface area contributed by atoms with E-state index in [1.807, 2.05) is 36.9 Å². The fourth-order valence-electron chi connectivity index (χ4n) is 5.23. The molecule has 2 aromatic carbocycles. The molecule has 1 atom stereocenters. The van der Waals surface area contributed by atoms with Gasteiger partial charge in [0.1, 0.15) is 17.3 Å². The third-order valence-corrected chi connectivity index (χ3v) is 8.03. The molecule has 8 heteroatoms. The maximum absolute atomic E-state index is 13.9. The molecule has 1 fully saturated rings. The highest BCUT2D eigenvalue weighted by Crippen LogP contribution is 2.37. The van der Waals surface area contributed by atoms with Crippen LogP contribution in [0.5, 0.6) is 11.5 Å². The van der Waals surface area contributed by atoms with Crippen LogP contribution in [0.2, 0.25) is 0 Å². The number of ether oxygens (including phenoxy) is 2. The first kappa shape index (κ1) is 26.2. The normalized spacial score (nSPS) is 14.7. The molecule has 1 heterocycles. The molecular weight excluding hydrogens is 522 g/mol. The molecule has 0 N–H and O–H groups in total. The Morgan fingerprint density at radius 1 is 1.19 bits per heavy atom. The predicted molar refractivity (Wildman–Crippen MR) is 145 cm³/mol. The molecule has 1 saturated carbocycles. The number of nitrogens with zero attached hydrogens (tertiary/aromatic N) is 3. The molecule has 0 spiro atoms. The van der Waals surface area contributed by atoms with E-state index in [4.69, 9.17) is 14.5 Å². The molecule has 1 unspecified atom stereocenters. The van der Waals surface area contributed by atoms with Crippen LogP contribution in [0, 0.1) is 5.92 Å². The van der Waals surface area contributed by atoms with Crippen molar-refractivity contribution in [3.8, 4) is 17.2 Å². The van der Waals surface area contributed by atoms with Crippen LogP contribution < -0.4 is 15.0 Å². The molecule has 1 aliphatic carbocycles. The highest BCUT2D eigenvalue weighted by atomic mass is 79.9. The van der Waals surface area contributed by atoms with Crippen molar-refractivity contribution < 1.29 is 14.3 Å². The number of hydrogen-bond acceptors (Lipinski definition) is 5. The number of amides is 1. The third kappa shape index (κ3) is 5.14. The van der Waals surface area contributed by atoms with Crippen molar-refractivity contribution in [1.82, 2.24) is 14.5 Å². The molecule has 0 saturated heterocycles. The van der Waals surface area contributed by atoms with Gasteiger partial charge in [0.15, 0.2) is 0 Å². The molecule has 1 aromatic heterocycles. The number of carbonyl (C=O) groups is 1. The highest BCUT2D eigenvalue weighted by molar-refractivity contribution is 9.10. The third-order valence-electron chi connectivity index (χ3n) is 7.24. The van der Waals surface area contributed by atoms with Gasteiger partial charge < -0.3 is 14.4 Å². The van der Waals surface area contributed by atoms with E-state index >= 15 is 0 Å². The molecular formula is C28H34BrN3O4. The van der Waals surface area contributed by atoms with Crippen molar-refractivity contribution in [2.24, 2.45) is 5.92 Å². The quantitative estimate of drug-likeness (QED) is 0.321. The lowest BCUT2D eigenvalue weighted by molar-refractivity contribution is -0.133. The Kier molecular flexibility index (Phi) is 8.34. The minimum absolute atomic E-state index is 0.0909. The van der Waals surface area contributed by atoms with Gasteiger partial charge in [-0.1, -0.05) is 37.8 Å². The minimum Gasteiger partial charge on any atom is -0.497 e. The summed E-state index contributed by atoms with van der Waals surface area (Å²) in [6.07, 6.45) is 6.38. The Bertz CT molecular complexity index is 1300. The zero-order valence-corrected chi connectivity index (χ0v) is 23.0. The maximum Gasteiger partial charge on any atom is 0.266 e. The lowest BCUT2D eigenvalue weighted by Gasteiger charge is -2.30. The summed E-state index contributed by atoms with van der Waals surface area (Å²) in [4.78, 5) is 34.0. The summed E-state index contributed by atoms with van der Waals surface area (Å²) in [5.74, 6) is 2.30. The molecule has 36 heavy (non-hydrogen) atoms. The first-order valence-electron chi connectivity index (χ1n) is 12.6. The number of aromatic nitrogens is 2. The topological polar surface area (TPSA) is 73.7 Å². The number of rotatable bonds is 9. The van der Waals surface area contributed by atoms with Gasteiger partial charge in [-0.2, -0.15) is 0 Å². The summed E-state index contributed by atoms with van der Waals surface area (Å²) < 4.78 is 13.2. The van der Waals surface area contributed by atoms with E-state index in [2.05, 4.69) is 15.9 Å². The van der Waals surface area contributed by atoms with E-state index in [0.29, 0.717) is 57.3 Å². The number of hydrogen-bond donors (Lipinski definition) is 0. The highest BCUT2D eigenvalue weighted by Gasteiger charge is 2.28. The van der Waals surface area contributed by atoms with Crippen LogP contribution in [-0.2, 0) is 4.79 Å². The summed E-state index contributed by atoms with van der Waals surface area (Å²) in [5.41, 5.74) is 0.930. The van der Waals surface area contributed by atoms with Crippen molar-refractivity contribution in [1.29, 1.82) is 0 Å². The number of halogens is 1. The van der Waals surface area contributed by atoms with Gasteiger partial charge in [0.2, 0.25) is 5.91 Å². The summed E-state index contributed by atoms with van der Waals surface area (Å²) in [7, 11) is 3.13. The second-order valence-corrected chi connectivity index (χ2v) is 10.1. The number of fused-ring (bicyclic) bond motifs is 1. The molecule has 0 radical (unpaired) electrons. The van der Waals surface area contributed by atoms with Gasteiger partial charge in [-0.25, -0.2) is 4.98 Å². The van der Waals surface area contributed by atoms with Crippen molar-refractivity contribution >= 4 is 32.7 Å². The van der Waals surface area contributed by atoms with Crippen molar-refractivity contribution in [2.75, 3.05) is 20.8 Å². The van der Waals surface area contributed by atoms with Crippen LogP contribution in [0.1, 0.15) is 64.2 Å². The van der Waals surface area contributed by atoms with E-state index in [9.17, 15) is 9.59 Å². The molecule has 3 aromatic rings. The molecule has 1 amide bonds. The van der Waals surface area contributed by atoms with Crippen molar-refractivity contribution in [3.05, 3.63) is 57.0 Å². The monoisotopic (exact) mass is 555 g/mol. The Morgan fingerprint density at radius 2 is 1.92 bits per heavy atom. The smallest absolute Gasteiger partial charge is 0.266 e. The number of carbonyl (C=O) groups excluding carboxylic acids is 1. The zero-order valence-electron chi connectivity index (χ0n) is 21.4. The lowest BCUT2D eigenvalue weighted by Crippen LogP contribution is -2.37. The summed E-state index contributed by atoms with van der Waals surface area (Å²) in [6.45, 7) is 4.43. The second kappa shape index (κ2) is 11.5. The van der Waals surface area contributed by atoms with Crippen LogP contribution in [-0.4, -0.2) is 41.1 Å². The van der Waals surface area contributed by atoms with Gasteiger partial charge in [0.05, 0.1) is 41.3 Å². The van der Waals surface area contributed by atoms with Gasteiger partial charge >= 0.3 is 0 Å². The standard InChI is InChI=1S/C28H34BrN3O4/c1-5-31(25(33)15-14-19-10-6-7-11-19)18(2)27-30-22-13-9-8-12-21(22)28(34)32(27)23-16-20(35-3)17-24(36-4)26(23)29/h8-9,12-13,16-19H,5-7,10-11,14-15H2,1-4H3. The lowest BCUT2D eigenvalue weighted by atomic mass is 10.0. The van der Waals surface area contributed by atoms with Crippen molar-refractivity contribution in [2.45, 2.75) is 58.4 Å². The number of methoxy groups -OCH3 is 2. The molecule has 7 nitrogen and oxygen atoms in total. The average molecular weight is 557 g/mol. The largest absolute Gasteiger partial charge is 0.497 e. The van der Waals surface area contributed by atoms with E-state index in [1.54, 1.807) is 37.0 Å². The Hall–Kier alpha value is -2.87. The van der Waals surface area contributed by atoms with Crippen LogP contribution in [0.3, 0.4) is 0 Å². The van der Waals surface area contributed by atoms with E-state index in [1.165, 1.54) is 25.7 Å². The van der Waals surface area contributed by atoms with Gasteiger partial charge in [-0.3, -0.25) is 14.2 Å². The first-order valence-corrected chi connectivity index (χ1v) is 13.4. The van der Waals surface area contributed by atoms with Crippen LogP contribution in [0.15, 0.2) is 45.7 Å². The van der Waals surface area contributed by atoms with E-state index < -0.39 is 6.04 Å². The summed E-state index contributed by atoms with van der Waals surface area (Å²) >= 11 is 3.62. The minimum atomic E-state index is -0.424. The number of benzene rings is 2. The van der Waals surface area contributed by atoms with Crippen molar-refractivity contribution in [3.63, 3.8) is 0 Å². The van der Waals surface area contributed by atoms with Gasteiger partial charge in [0, 0.05) is 25.1 Å². The molecule has 192 valence electrons. The number of para-hydroxylation sites is 1. The van der Waals surface area contributed by atoms with E-state index in [0.717, 1.165) is 6.42 Å². The summed E-state index contributed by atoms with van der Waals surface area (Å²) in [6, 6.07) is 10.4. The SMILES string of the molecule is CCN(C(=O)CCC1CCCC1)C(C)c1nc2ccccc2c(=O)n1-c1cc(OC)cc(OC)c1Br. The van der Waals surface area contributed by atoms with E-state index in [-0.39, 0.29) is 11.5 Å². The summed E-state index contributed by atoms with van der Waals surface area (Å²) in [5, 5.41) is 0.498. The second-order valence-electron chi connectivity index (χ2n) is 9.34. The van der Waals surface area contributed by atoms with Crippen LogP contribution in [0.25, 0.3) is 16.6 Å². The van der Waals surface area contributed by atoms with Gasteiger partial charge in [-0.05, 0) is 54.2 Å². The molecule has 0 aliphatic heterocycles. The Labute approximate surface area is 220 Å². The molecule has 4 rings (SSSR count). The molecule has 0 bridgehead atoms. The first-order chi connectivity index (χ1) is 17.4. The van der Waals surface area contributed by atoms with Gasteiger partial charge in [-0.15, -0.1) is 0 Å². The zero-order chi connectivity index (χ0) is 25.8. The van der Waals surface area contributed by atoms with Crippen LogP contribution >= 0.6 is 15.9 Å².